The highest BCUT2D eigenvalue weighted by Gasteiger charge is 2.28. The first-order valence-electron chi connectivity index (χ1n) is 7.89. The molecule has 120 valence electrons. The van der Waals surface area contributed by atoms with Crippen molar-refractivity contribution >= 4 is 15.9 Å². The molecule has 1 atom stereocenters. The zero-order chi connectivity index (χ0) is 16.2. The number of hydrogen-bond acceptors (Lipinski definition) is 4. The second kappa shape index (κ2) is 7.26. The number of aromatic amines is 1. The molecule has 3 rings (SSSR count). The van der Waals surface area contributed by atoms with E-state index < -0.39 is 0 Å². The average molecular weight is 374 g/mol. The van der Waals surface area contributed by atoms with E-state index in [9.17, 15) is 5.26 Å². The second-order valence-electron chi connectivity index (χ2n) is 5.66. The van der Waals surface area contributed by atoms with Crippen LogP contribution in [0.15, 0.2) is 34.9 Å². The highest BCUT2D eigenvalue weighted by atomic mass is 79.9. The number of nitriles is 1. The fourth-order valence-electron chi connectivity index (χ4n) is 2.95. The first-order chi connectivity index (χ1) is 11.2. The predicted octanol–water partition coefficient (Wildman–Crippen LogP) is 3.04. The third kappa shape index (κ3) is 3.47. The molecular formula is C17H20BrN5. The lowest BCUT2D eigenvalue weighted by Crippen LogP contribution is -2.47. The molecule has 5 nitrogen and oxygen atoms in total. The van der Waals surface area contributed by atoms with Crippen LogP contribution in [0.25, 0.3) is 11.4 Å². The summed E-state index contributed by atoms with van der Waals surface area (Å²) in [6.07, 6.45) is 0. The maximum absolute atomic E-state index is 9.69. The van der Waals surface area contributed by atoms with Gasteiger partial charge in [0.05, 0.1) is 11.8 Å². The molecule has 6 heteroatoms. The minimum absolute atomic E-state index is 0.298. The van der Waals surface area contributed by atoms with E-state index in [1.165, 1.54) is 0 Å². The number of piperazine rings is 1. The lowest BCUT2D eigenvalue weighted by Gasteiger charge is -2.36. The predicted molar refractivity (Wildman–Crippen MR) is 93.8 cm³/mol. The zero-order valence-electron chi connectivity index (χ0n) is 13.2. The lowest BCUT2D eigenvalue weighted by molar-refractivity contribution is 0.117. The fourth-order valence-corrected chi connectivity index (χ4v) is 3.44. The lowest BCUT2D eigenvalue weighted by atomic mass is 10.1. The van der Waals surface area contributed by atoms with Gasteiger partial charge in [-0.2, -0.15) is 5.26 Å². The topological polar surface area (TPSA) is 59.0 Å². The van der Waals surface area contributed by atoms with Crippen molar-refractivity contribution in [2.45, 2.75) is 13.0 Å². The smallest absolute Gasteiger partial charge is 0.141 e. The van der Waals surface area contributed by atoms with Crippen LogP contribution in [-0.4, -0.2) is 52.5 Å². The minimum Gasteiger partial charge on any atom is -0.339 e. The molecular weight excluding hydrogens is 354 g/mol. The van der Waals surface area contributed by atoms with E-state index in [0.29, 0.717) is 0 Å². The van der Waals surface area contributed by atoms with Gasteiger partial charge in [-0.05, 0) is 22.5 Å². The summed E-state index contributed by atoms with van der Waals surface area (Å²) in [7, 11) is 0. The first kappa shape index (κ1) is 16.2. The number of hydrogen-bond donors (Lipinski definition) is 1. The average Bonchev–Trinajstić information content (AvgIpc) is 2.99. The van der Waals surface area contributed by atoms with Crippen LogP contribution in [-0.2, 0) is 0 Å². The van der Waals surface area contributed by atoms with E-state index in [-0.39, 0.29) is 6.04 Å². The SMILES string of the molecule is CCN1CCN(C(C#N)c2[nH]c(-c3ccccc3)nc2Br)CC1. The van der Waals surface area contributed by atoms with Gasteiger partial charge in [0.15, 0.2) is 0 Å². The number of halogens is 1. The Hall–Kier alpha value is -1.68. The van der Waals surface area contributed by atoms with Gasteiger partial charge in [0.1, 0.15) is 16.5 Å². The monoisotopic (exact) mass is 373 g/mol. The molecule has 1 aliphatic rings. The molecule has 1 N–H and O–H groups in total. The Morgan fingerprint density at radius 1 is 1.26 bits per heavy atom. The van der Waals surface area contributed by atoms with Gasteiger partial charge < -0.3 is 9.88 Å². The van der Waals surface area contributed by atoms with Crippen molar-refractivity contribution in [1.29, 1.82) is 5.26 Å². The molecule has 0 spiro atoms. The number of nitrogens with one attached hydrogen (secondary N) is 1. The van der Waals surface area contributed by atoms with Crippen LogP contribution in [0.4, 0.5) is 0 Å². The number of nitrogens with zero attached hydrogens (tertiary/aromatic N) is 4. The molecule has 2 aromatic rings. The molecule has 1 aromatic carbocycles. The van der Waals surface area contributed by atoms with Crippen LogP contribution >= 0.6 is 15.9 Å². The van der Waals surface area contributed by atoms with E-state index in [1.807, 2.05) is 30.3 Å². The van der Waals surface area contributed by atoms with Crippen LogP contribution < -0.4 is 0 Å². The zero-order valence-corrected chi connectivity index (χ0v) is 14.8. The van der Waals surface area contributed by atoms with Crippen molar-refractivity contribution in [2.24, 2.45) is 0 Å². The fraction of sp³-hybridized carbons (Fsp3) is 0.412. The third-order valence-electron chi connectivity index (χ3n) is 4.35. The summed E-state index contributed by atoms with van der Waals surface area (Å²) in [5, 5.41) is 9.69. The summed E-state index contributed by atoms with van der Waals surface area (Å²) in [5.74, 6) is 0.792. The number of likely N-dealkylation sites (N-methyl/N-ethyl adjacent to an activating group) is 1. The Bertz CT molecular complexity index is 683. The molecule has 0 amide bonds. The molecule has 0 bridgehead atoms. The van der Waals surface area contributed by atoms with Crippen LogP contribution in [0.3, 0.4) is 0 Å². The van der Waals surface area contributed by atoms with Crippen molar-refractivity contribution in [3.8, 4) is 17.5 Å². The van der Waals surface area contributed by atoms with Gasteiger partial charge >= 0.3 is 0 Å². The molecule has 1 aliphatic heterocycles. The van der Waals surface area contributed by atoms with Gasteiger partial charge in [0.2, 0.25) is 0 Å². The van der Waals surface area contributed by atoms with Crippen LogP contribution in [0, 0.1) is 11.3 Å². The Balaban J connectivity index is 1.82. The molecule has 2 heterocycles. The number of benzene rings is 1. The summed E-state index contributed by atoms with van der Waals surface area (Å²) in [4.78, 5) is 12.5. The Kier molecular flexibility index (Phi) is 5.11. The number of rotatable bonds is 4. The van der Waals surface area contributed by atoms with Crippen molar-refractivity contribution in [1.82, 2.24) is 19.8 Å². The molecule has 1 fully saturated rings. The van der Waals surface area contributed by atoms with Gasteiger partial charge in [0.25, 0.3) is 0 Å². The van der Waals surface area contributed by atoms with Gasteiger partial charge in [-0.1, -0.05) is 37.3 Å². The largest absolute Gasteiger partial charge is 0.339 e. The normalized spacial score (nSPS) is 17.8. The first-order valence-corrected chi connectivity index (χ1v) is 8.69. The Morgan fingerprint density at radius 3 is 2.57 bits per heavy atom. The molecule has 1 unspecified atom stereocenters. The highest BCUT2D eigenvalue weighted by molar-refractivity contribution is 9.10. The minimum atomic E-state index is -0.298. The third-order valence-corrected chi connectivity index (χ3v) is 4.95. The molecule has 0 saturated carbocycles. The second-order valence-corrected chi connectivity index (χ2v) is 6.41. The maximum atomic E-state index is 9.69. The van der Waals surface area contributed by atoms with Crippen molar-refractivity contribution in [3.05, 3.63) is 40.6 Å². The van der Waals surface area contributed by atoms with Crippen LogP contribution in [0.1, 0.15) is 18.7 Å². The van der Waals surface area contributed by atoms with E-state index >= 15 is 0 Å². The molecule has 0 aliphatic carbocycles. The Morgan fingerprint density at radius 2 is 1.96 bits per heavy atom. The summed E-state index contributed by atoms with van der Waals surface area (Å²) < 4.78 is 0.723. The standard InChI is InChI=1S/C17H20BrN5/c1-2-22-8-10-23(11-9-22)14(12-19)15-16(18)21-17(20-15)13-6-4-3-5-7-13/h3-7,14H,2,8-11H2,1H3,(H,20,21). The summed E-state index contributed by atoms with van der Waals surface area (Å²) >= 11 is 3.52. The quantitative estimate of drug-likeness (QED) is 0.894. The van der Waals surface area contributed by atoms with E-state index in [0.717, 1.165) is 54.4 Å². The molecule has 1 aromatic heterocycles. The summed E-state index contributed by atoms with van der Waals surface area (Å²) in [5.41, 5.74) is 1.86. The number of aromatic nitrogens is 2. The van der Waals surface area contributed by atoms with Crippen LogP contribution in [0.2, 0.25) is 0 Å². The van der Waals surface area contributed by atoms with Crippen LogP contribution in [0.5, 0.6) is 0 Å². The summed E-state index contributed by atoms with van der Waals surface area (Å²) in [6, 6.07) is 12.1. The molecule has 23 heavy (non-hydrogen) atoms. The maximum Gasteiger partial charge on any atom is 0.141 e. The van der Waals surface area contributed by atoms with Gasteiger partial charge in [-0.25, -0.2) is 4.98 Å². The van der Waals surface area contributed by atoms with Crippen molar-refractivity contribution in [2.75, 3.05) is 32.7 Å². The van der Waals surface area contributed by atoms with Crippen molar-refractivity contribution < 1.29 is 0 Å². The van der Waals surface area contributed by atoms with E-state index in [1.54, 1.807) is 0 Å². The number of H-pyrrole nitrogens is 1. The Labute approximate surface area is 145 Å². The summed E-state index contributed by atoms with van der Waals surface area (Å²) in [6.45, 7) is 7.06. The highest BCUT2D eigenvalue weighted by Crippen LogP contribution is 2.29. The van der Waals surface area contributed by atoms with Gasteiger partial charge in [0, 0.05) is 31.7 Å². The van der Waals surface area contributed by atoms with Crippen molar-refractivity contribution in [3.63, 3.8) is 0 Å². The number of imidazole rings is 1. The van der Waals surface area contributed by atoms with Gasteiger partial charge in [-0.3, -0.25) is 4.90 Å². The van der Waals surface area contributed by atoms with Gasteiger partial charge in [-0.15, -0.1) is 0 Å². The van der Waals surface area contributed by atoms with E-state index in [4.69, 9.17) is 0 Å². The molecule has 0 radical (unpaired) electrons. The van der Waals surface area contributed by atoms with E-state index in [2.05, 4.69) is 48.7 Å². The molecule has 1 saturated heterocycles.